The predicted molar refractivity (Wildman–Crippen MR) is 72.5 cm³/mol. The SMILES string of the molecule is CCc1ccc(OC)c(S(=O)(=O)N(CC)CC)c1. The molecule has 0 aromatic heterocycles. The summed E-state index contributed by atoms with van der Waals surface area (Å²) >= 11 is 0. The average molecular weight is 271 g/mol. The minimum atomic E-state index is -3.47. The van der Waals surface area contributed by atoms with Crippen molar-refractivity contribution in [2.75, 3.05) is 20.2 Å². The fraction of sp³-hybridized carbons (Fsp3) is 0.538. The van der Waals surface area contributed by atoms with Gasteiger partial charge in [-0.3, -0.25) is 0 Å². The van der Waals surface area contributed by atoms with Gasteiger partial charge in [0.05, 0.1) is 7.11 Å². The Kier molecular flexibility index (Phi) is 5.16. The van der Waals surface area contributed by atoms with Gasteiger partial charge in [0.1, 0.15) is 10.6 Å². The molecule has 0 radical (unpaired) electrons. The molecule has 0 spiro atoms. The highest BCUT2D eigenvalue weighted by Gasteiger charge is 2.25. The molecule has 0 heterocycles. The van der Waals surface area contributed by atoms with Crippen molar-refractivity contribution >= 4 is 10.0 Å². The van der Waals surface area contributed by atoms with E-state index in [-0.39, 0.29) is 4.90 Å². The van der Waals surface area contributed by atoms with Gasteiger partial charge in [0, 0.05) is 13.1 Å². The number of benzene rings is 1. The maximum absolute atomic E-state index is 12.5. The molecular weight excluding hydrogens is 250 g/mol. The second kappa shape index (κ2) is 6.20. The van der Waals surface area contributed by atoms with Crippen LogP contribution in [0.5, 0.6) is 5.75 Å². The van der Waals surface area contributed by atoms with Crippen LogP contribution in [0, 0.1) is 0 Å². The van der Waals surface area contributed by atoms with Gasteiger partial charge in [-0.2, -0.15) is 4.31 Å². The zero-order valence-corrected chi connectivity index (χ0v) is 12.3. The number of ether oxygens (including phenoxy) is 1. The molecule has 0 aliphatic heterocycles. The first-order valence-electron chi connectivity index (χ1n) is 6.18. The number of aryl methyl sites for hydroxylation is 1. The standard InChI is InChI=1S/C13H21NO3S/c1-5-11-8-9-12(17-4)13(10-11)18(15,16)14(6-2)7-3/h8-10H,5-7H2,1-4H3. The molecule has 18 heavy (non-hydrogen) atoms. The fourth-order valence-electron chi connectivity index (χ4n) is 1.85. The van der Waals surface area contributed by atoms with Gasteiger partial charge in [0.2, 0.25) is 10.0 Å². The first-order chi connectivity index (χ1) is 8.51. The van der Waals surface area contributed by atoms with Gasteiger partial charge in [-0.25, -0.2) is 8.42 Å². The smallest absolute Gasteiger partial charge is 0.246 e. The monoisotopic (exact) mass is 271 g/mol. The molecule has 5 heteroatoms. The first kappa shape index (κ1) is 15.0. The van der Waals surface area contributed by atoms with Crippen LogP contribution >= 0.6 is 0 Å². The second-order valence-electron chi connectivity index (χ2n) is 3.93. The van der Waals surface area contributed by atoms with E-state index in [0.717, 1.165) is 12.0 Å². The molecule has 0 N–H and O–H groups in total. The van der Waals surface area contributed by atoms with E-state index in [9.17, 15) is 8.42 Å². The van der Waals surface area contributed by atoms with Gasteiger partial charge in [-0.05, 0) is 24.1 Å². The Morgan fingerprint density at radius 2 is 1.78 bits per heavy atom. The van der Waals surface area contributed by atoms with Crippen molar-refractivity contribution in [2.45, 2.75) is 32.1 Å². The van der Waals surface area contributed by atoms with Gasteiger partial charge in [-0.1, -0.05) is 26.8 Å². The minimum Gasteiger partial charge on any atom is -0.495 e. The third-order valence-electron chi connectivity index (χ3n) is 2.96. The van der Waals surface area contributed by atoms with E-state index >= 15 is 0 Å². The summed E-state index contributed by atoms with van der Waals surface area (Å²) in [6.45, 7) is 6.57. The third kappa shape index (κ3) is 2.84. The summed E-state index contributed by atoms with van der Waals surface area (Å²) in [6, 6.07) is 5.31. The molecule has 0 aliphatic carbocycles. The molecule has 0 saturated carbocycles. The lowest BCUT2D eigenvalue weighted by molar-refractivity contribution is 0.395. The van der Waals surface area contributed by atoms with Crippen molar-refractivity contribution in [3.8, 4) is 5.75 Å². The van der Waals surface area contributed by atoms with Crippen molar-refractivity contribution in [1.82, 2.24) is 4.31 Å². The van der Waals surface area contributed by atoms with E-state index in [1.165, 1.54) is 11.4 Å². The van der Waals surface area contributed by atoms with Crippen molar-refractivity contribution < 1.29 is 13.2 Å². The van der Waals surface area contributed by atoms with Crippen LogP contribution in [0.4, 0.5) is 0 Å². The molecule has 1 rings (SSSR count). The number of hydrogen-bond donors (Lipinski definition) is 0. The van der Waals surface area contributed by atoms with Crippen LogP contribution in [-0.4, -0.2) is 32.9 Å². The molecule has 1 aromatic carbocycles. The third-order valence-corrected chi connectivity index (χ3v) is 5.03. The quantitative estimate of drug-likeness (QED) is 0.797. The highest BCUT2D eigenvalue weighted by molar-refractivity contribution is 7.89. The average Bonchev–Trinajstić information content (AvgIpc) is 2.39. The van der Waals surface area contributed by atoms with Crippen LogP contribution < -0.4 is 4.74 Å². The number of hydrogen-bond acceptors (Lipinski definition) is 3. The summed E-state index contributed by atoms with van der Waals surface area (Å²) in [6.07, 6.45) is 0.796. The predicted octanol–water partition coefficient (Wildman–Crippen LogP) is 2.29. The molecule has 1 aromatic rings. The van der Waals surface area contributed by atoms with E-state index in [4.69, 9.17) is 4.74 Å². The Balaban J connectivity index is 3.37. The zero-order valence-electron chi connectivity index (χ0n) is 11.4. The van der Waals surface area contributed by atoms with Crippen LogP contribution in [-0.2, 0) is 16.4 Å². The number of methoxy groups -OCH3 is 1. The van der Waals surface area contributed by atoms with Crippen molar-refractivity contribution in [2.24, 2.45) is 0 Å². The molecule has 0 saturated heterocycles. The zero-order chi connectivity index (χ0) is 13.8. The maximum Gasteiger partial charge on any atom is 0.246 e. The van der Waals surface area contributed by atoms with Crippen LogP contribution in [0.1, 0.15) is 26.3 Å². The van der Waals surface area contributed by atoms with Crippen molar-refractivity contribution in [1.29, 1.82) is 0 Å². The lowest BCUT2D eigenvalue weighted by Crippen LogP contribution is -2.31. The highest BCUT2D eigenvalue weighted by atomic mass is 32.2. The van der Waals surface area contributed by atoms with Gasteiger partial charge < -0.3 is 4.74 Å². The Morgan fingerprint density at radius 3 is 2.22 bits per heavy atom. The molecular formula is C13H21NO3S. The fourth-order valence-corrected chi connectivity index (χ4v) is 3.51. The maximum atomic E-state index is 12.5. The minimum absolute atomic E-state index is 0.257. The van der Waals surface area contributed by atoms with E-state index < -0.39 is 10.0 Å². The largest absolute Gasteiger partial charge is 0.495 e. The summed E-state index contributed by atoms with van der Waals surface area (Å²) in [7, 11) is -1.98. The number of sulfonamides is 1. The second-order valence-corrected chi connectivity index (χ2v) is 5.83. The summed E-state index contributed by atoms with van der Waals surface area (Å²) in [5.74, 6) is 0.402. The summed E-state index contributed by atoms with van der Waals surface area (Å²) in [4.78, 5) is 0.257. The first-order valence-corrected chi connectivity index (χ1v) is 7.62. The van der Waals surface area contributed by atoms with E-state index in [0.29, 0.717) is 18.8 Å². The van der Waals surface area contributed by atoms with Crippen molar-refractivity contribution in [3.05, 3.63) is 23.8 Å². The summed E-state index contributed by atoms with van der Waals surface area (Å²) < 4.78 is 31.6. The van der Waals surface area contributed by atoms with E-state index in [1.807, 2.05) is 26.8 Å². The topological polar surface area (TPSA) is 46.6 Å². The molecule has 0 amide bonds. The lowest BCUT2D eigenvalue weighted by atomic mass is 10.2. The summed E-state index contributed by atoms with van der Waals surface area (Å²) in [5.41, 5.74) is 0.988. The Bertz CT molecular complexity index is 493. The van der Waals surface area contributed by atoms with Crippen LogP contribution in [0.15, 0.2) is 23.1 Å². The molecule has 0 unspecified atom stereocenters. The van der Waals surface area contributed by atoms with E-state index in [1.54, 1.807) is 12.1 Å². The molecule has 0 atom stereocenters. The Morgan fingerprint density at radius 1 is 1.17 bits per heavy atom. The Labute approximate surface area is 110 Å². The summed E-state index contributed by atoms with van der Waals surface area (Å²) in [5, 5.41) is 0. The normalized spacial score (nSPS) is 11.8. The van der Waals surface area contributed by atoms with E-state index in [2.05, 4.69) is 0 Å². The van der Waals surface area contributed by atoms with Crippen molar-refractivity contribution in [3.63, 3.8) is 0 Å². The highest BCUT2D eigenvalue weighted by Crippen LogP contribution is 2.27. The molecule has 4 nitrogen and oxygen atoms in total. The van der Waals surface area contributed by atoms with Gasteiger partial charge in [0.15, 0.2) is 0 Å². The van der Waals surface area contributed by atoms with Crippen LogP contribution in [0.3, 0.4) is 0 Å². The molecule has 102 valence electrons. The molecule has 0 aliphatic rings. The van der Waals surface area contributed by atoms with Crippen LogP contribution in [0.2, 0.25) is 0 Å². The lowest BCUT2D eigenvalue weighted by Gasteiger charge is -2.20. The van der Waals surface area contributed by atoms with Gasteiger partial charge in [-0.15, -0.1) is 0 Å². The number of nitrogens with zero attached hydrogens (tertiary/aromatic N) is 1. The van der Waals surface area contributed by atoms with Gasteiger partial charge in [0.25, 0.3) is 0 Å². The van der Waals surface area contributed by atoms with Gasteiger partial charge >= 0.3 is 0 Å². The molecule has 0 fully saturated rings. The number of rotatable bonds is 6. The van der Waals surface area contributed by atoms with Crippen LogP contribution in [0.25, 0.3) is 0 Å². The molecule has 0 bridgehead atoms. The Hall–Kier alpha value is -1.07.